The second kappa shape index (κ2) is 4.64. The van der Waals surface area contributed by atoms with E-state index >= 15 is 0 Å². The van der Waals surface area contributed by atoms with Crippen LogP contribution >= 0.6 is 15.9 Å². The standard InChI is InChI=1S/C12H18BrNO/c1-12(2,15)11(14(3)4)9-5-7-10(13)8-6-9/h5-8,11,15H,1-4H3. The van der Waals surface area contributed by atoms with Crippen molar-refractivity contribution in [1.82, 2.24) is 4.90 Å². The Balaban J connectivity index is 3.05. The first-order chi connectivity index (χ1) is 6.82. The van der Waals surface area contributed by atoms with Gasteiger partial charge in [0.15, 0.2) is 0 Å². The molecule has 2 nitrogen and oxygen atoms in total. The summed E-state index contributed by atoms with van der Waals surface area (Å²) in [7, 11) is 3.95. The highest BCUT2D eigenvalue weighted by molar-refractivity contribution is 9.10. The molecule has 0 fully saturated rings. The molecule has 0 saturated carbocycles. The third kappa shape index (κ3) is 3.30. The van der Waals surface area contributed by atoms with Gasteiger partial charge in [0, 0.05) is 4.47 Å². The largest absolute Gasteiger partial charge is 0.388 e. The van der Waals surface area contributed by atoms with Crippen LogP contribution in [0.25, 0.3) is 0 Å². The molecule has 0 bridgehead atoms. The molecule has 0 heterocycles. The fourth-order valence-electron chi connectivity index (χ4n) is 1.98. The van der Waals surface area contributed by atoms with Gasteiger partial charge in [0.25, 0.3) is 0 Å². The first kappa shape index (κ1) is 12.7. The van der Waals surface area contributed by atoms with Gasteiger partial charge in [-0.15, -0.1) is 0 Å². The molecule has 84 valence electrons. The Bertz CT molecular complexity index is 313. The van der Waals surface area contributed by atoms with E-state index in [2.05, 4.69) is 15.9 Å². The van der Waals surface area contributed by atoms with Crippen molar-refractivity contribution in [3.05, 3.63) is 34.3 Å². The van der Waals surface area contributed by atoms with Crippen molar-refractivity contribution < 1.29 is 5.11 Å². The molecule has 1 aromatic rings. The van der Waals surface area contributed by atoms with Gasteiger partial charge in [0.05, 0.1) is 11.6 Å². The molecule has 1 rings (SSSR count). The molecule has 0 radical (unpaired) electrons. The van der Waals surface area contributed by atoms with Crippen LogP contribution in [-0.4, -0.2) is 29.7 Å². The molecule has 1 aromatic carbocycles. The van der Waals surface area contributed by atoms with Gasteiger partial charge in [0.1, 0.15) is 0 Å². The molecule has 0 amide bonds. The van der Waals surface area contributed by atoms with E-state index in [9.17, 15) is 5.11 Å². The minimum absolute atomic E-state index is 0.00519. The second-order valence-electron chi connectivity index (χ2n) is 4.57. The first-order valence-corrected chi connectivity index (χ1v) is 5.76. The van der Waals surface area contributed by atoms with Crippen molar-refractivity contribution in [3.63, 3.8) is 0 Å². The Morgan fingerprint density at radius 3 is 2.00 bits per heavy atom. The molecule has 0 aliphatic rings. The average Bonchev–Trinajstić information content (AvgIpc) is 2.05. The van der Waals surface area contributed by atoms with E-state index in [-0.39, 0.29) is 6.04 Å². The Kier molecular flexibility index (Phi) is 3.93. The monoisotopic (exact) mass is 271 g/mol. The number of aliphatic hydroxyl groups is 1. The van der Waals surface area contributed by atoms with Crippen molar-refractivity contribution in [2.24, 2.45) is 0 Å². The van der Waals surface area contributed by atoms with Crippen molar-refractivity contribution >= 4 is 15.9 Å². The molecule has 1 unspecified atom stereocenters. The summed E-state index contributed by atoms with van der Waals surface area (Å²) in [4.78, 5) is 2.03. The summed E-state index contributed by atoms with van der Waals surface area (Å²) in [5, 5.41) is 10.1. The topological polar surface area (TPSA) is 23.5 Å². The number of hydrogen-bond acceptors (Lipinski definition) is 2. The number of halogens is 1. The van der Waals surface area contributed by atoms with E-state index in [1.165, 1.54) is 0 Å². The number of likely N-dealkylation sites (N-methyl/N-ethyl adjacent to an activating group) is 1. The molecule has 1 atom stereocenters. The van der Waals surface area contributed by atoms with Crippen LogP contribution < -0.4 is 0 Å². The molecule has 3 heteroatoms. The average molecular weight is 272 g/mol. The SMILES string of the molecule is CN(C)C(c1ccc(Br)cc1)C(C)(C)O. The van der Waals surface area contributed by atoms with Crippen molar-refractivity contribution in [3.8, 4) is 0 Å². The highest BCUT2D eigenvalue weighted by Crippen LogP contribution is 2.30. The summed E-state index contributed by atoms with van der Waals surface area (Å²) in [5.41, 5.74) is 0.368. The Morgan fingerprint density at radius 1 is 1.20 bits per heavy atom. The molecule has 0 aliphatic heterocycles. The zero-order valence-electron chi connectivity index (χ0n) is 9.66. The first-order valence-electron chi connectivity index (χ1n) is 4.96. The zero-order valence-corrected chi connectivity index (χ0v) is 11.2. The van der Waals surface area contributed by atoms with E-state index in [4.69, 9.17) is 0 Å². The van der Waals surface area contributed by atoms with Crippen LogP contribution in [0, 0.1) is 0 Å². The molecule has 0 aromatic heterocycles. The van der Waals surface area contributed by atoms with Crippen LogP contribution in [-0.2, 0) is 0 Å². The Hall–Kier alpha value is -0.380. The van der Waals surface area contributed by atoms with Crippen molar-refractivity contribution in [1.29, 1.82) is 0 Å². The normalized spacial score (nSPS) is 14.3. The second-order valence-corrected chi connectivity index (χ2v) is 5.49. The van der Waals surface area contributed by atoms with E-state index < -0.39 is 5.60 Å². The van der Waals surface area contributed by atoms with Crippen LogP contribution in [0.3, 0.4) is 0 Å². The lowest BCUT2D eigenvalue weighted by atomic mass is 9.91. The summed E-state index contributed by atoms with van der Waals surface area (Å²) in [5.74, 6) is 0. The summed E-state index contributed by atoms with van der Waals surface area (Å²) < 4.78 is 1.06. The maximum Gasteiger partial charge on any atom is 0.0787 e. The van der Waals surface area contributed by atoms with E-state index in [0.29, 0.717) is 0 Å². The maximum absolute atomic E-state index is 10.1. The summed E-state index contributed by atoms with van der Waals surface area (Å²) >= 11 is 3.41. The summed E-state index contributed by atoms with van der Waals surface area (Å²) in [6.45, 7) is 3.67. The van der Waals surface area contributed by atoms with Gasteiger partial charge in [-0.25, -0.2) is 0 Å². The van der Waals surface area contributed by atoms with E-state index in [1.807, 2.05) is 57.1 Å². The van der Waals surface area contributed by atoms with Gasteiger partial charge in [-0.3, -0.25) is 4.90 Å². The van der Waals surface area contributed by atoms with Gasteiger partial charge in [0.2, 0.25) is 0 Å². The van der Waals surface area contributed by atoms with E-state index in [0.717, 1.165) is 10.0 Å². The van der Waals surface area contributed by atoms with Crippen LogP contribution in [0.2, 0.25) is 0 Å². The van der Waals surface area contributed by atoms with Gasteiger partial charge >= 0.3 is 0 Å². The quantitative estimate of drug-likeness (QED) is 0.914. The predicted molar refractivity (Wildman–Crippen MR) is 66.9 cm³/mol. The van der Waals surface area contributed by atoms with Gasteiger partial charge < -0.3 is 5.11 Å². The lowest BCUT2D eigenvalue weighted by Gasteiger charge is -2.35. The Morgan fingerprint density at radius 2 is 1.67 bits per heavy atom. The fraction of sp³-hybridized carbons (Fsp3) is 0.500. The summed E-state index contributed by atoms with van der Waals surface area (Å²) in [6.07, 6.45) is 0. The van der Waals surface area contributed by atoms with Crippen molar-refractivity contribution in [2.75, 3.05) is 14.1 Å². The van der Waals surface area contributed by atoms with Crippen LogP contribution in [0.15, 0.2) is 28.7 Å². The third-order valence-corrected chi connectivity index (χ3v) is 2.90. The van der Waals surface area contributed by atoms with Crippen LogP contribution in [0.4, 0.5) is 0 Å². The number of rotatable bonds is 3. The highest BCUT2D eigenvalue weighted by atomic mass is 79.9. The smallest absolute Gasteiger partial charge is 0.0787 e. The minimum atomic E-state index is -0.753. The lowest BCUT2D eigenvalue weighted by molar-refractivity contribution is -0.00315. The molecule has 0 spiro atoms. The van der Waals surface area contributed by atoms with Gasteiger partial charge in [-0.05, 0) is 45.6 Å². The Labute approximate surface area is 100 Å². The zero-order chi connectivity index (χ0) is 11.6. The maximum atomic E-state index is 10.1. The lowest BCUT2D eigenvalue weighted by Crippen LogP contribution is -2.38. The van der Waals surface area contributed by atoms with Crippen LogP contribution in [0.5, 0.6) is 0 Å². The molecular weight excluding hydrogens is 254 g/mol. The van der Waals surface area contributed by atoms with Crippen LogP contribution in [0.1, 0.15) is 25.5 Å². The molecule has 0 aliphatic carbocycles. The van der Waals surface area contributed by atoms with Crippen molar-refractivity contribution in [2.45, 2.75) is 25.5 Å². The number of hydrogen-bond donors (Lipinski definition) is 1. The van der Waals surface area contributed by atoms with Gasteiger partial charge in [-0.2, -0.15) is 0 Å². The number of benzene rings is 1. The number of nitrogens with zero attached hydrogens (tertiary/aromatic N) is 1. The third-order valence-electron chi connectivity index (χ3n) is 2.37. The highest BCUT2D eigenvalue weighted by Gasteiger charge is 2.29. The van der Waals surface area contributed by atoms with E-state index in [1.54, 1.807) is 0 Å². The molecule has 1 N–H and O–H groups in total. The molecular formula is C12H18BrNO. The summed E-state index contributed by atoms with van der Waals surface area (Å²) in [6, 6.07) is 8.07. The van der Waals surface area contributed by atoms with Gasteiger partial charge in [-0.1, -0.05) is 28.1 Å². The predicted octanol–water partition coefficient (Wildman–Crippen LogP) is 2.82. The minimum Gasteiger partial charge on any atom is -0.388 e. The fourth-order valence-corrected chi connectivity index (χ4v) is 2.25. The molecule has 0 saturated heterocycles. The molecule has 15 heavy (non-hydrogen) atoms.